The van der Waals surface area contributed by atoms with Gasteiger partial charge in [0, 0.05) is 18.9 Å². The molecule has 1 aliphatic rings. The highest BCUT2D eigenvalue weighted by Crippen LogP contribution is 2.40. The van der Waals surface area contributed by atoms with Gasteiger partial charge in [0.05, 0.1) is 0 Å². The zero-order valence-corrected chi connectivity index (χ0v) is 18.5. The summed E-state index contributed by atoms with van der Waals surface area (Å²) in [5, 5.41) is 4.19. The molecule has 1 unspecified atom stereocenters. The first kappa shape index (κ1) is 21.7. The molecule has 4 rings (SSSR count). The van der Waals surface area contributed by atoms with Crippen molar-refractivity contribution < 1.29 is 8.91 Å². The van der Waals surface area contributed by atoms with E-state index in [1.165, 1.54) is 24.0 Å². The minimum atomic E-state index is -0.173. The Hall–Kier alpha value is -2.53. The fraction of sp³-hybridized carbons (Fsp3) is 0.462. The van der Waals surface area contributed by atoms with Gasteiger partial charge >= 0.3 is 0 Å². The van der Waals surface area contributed by atoms with Crippen LogP contribution in [0.15, 0.2) is 59.1 Å². The van der Waals surface area contributed by atoms with Gasteiger partial charge in [-0.15, -0.1) is 0 Å². The van der Waals surface area contributed by atoms with Crippen molar-refractivity contribution in [1.82, 2.24) is 15.0 Å². The van der Waals surface area contributed by atoms with E-state index >= 15 is 0 Å². The van der Waals surface area contributed by atoms with Crippen molar-refractivity contribution in [2.75, 3.05) is 14.1 Å². The van der Waals surface area contributed by atoms with E-state index in [4.69, 9.17) is 4.52 Å². The number of halogens is 1. The summed E-state index contributed by atoms with van der Waals surface area (Å²) >= 11 is 0. The van der Waals surface area contributed by atoms with Crippen molar-refractivity contribution in [2.45, 2.75) is 51.0 Å². The third kappa shape index (κ3) is 5.79. The van der Waals surface area contributed by atoms with E-state index < -0.39 is 0 Å². The average molecular weight is 422 g/mol. The lowest BCUT2D eigenvalue weighted by molar-refractivity contribution is 0.146. The molecule has 2 aromatic carbocycles. The highest BCUT2D eigenvalue weighted by Gasteiger charge is 2.30. The molecular formula is C26H32FN3O. The van der Waals surface area contributed by atoms with Gasteiger partial charge in [0.2, 0.25) is 5.89 Å². The van der Waals surface area contributed by atoms with Crippen LogP contribution in [0.25, 0.3) is 0 Å². The summed E-state index contributed by atoms with van der Waals surface area (Å²) in [4.78, 5) is 6.91. The molecule has 0 N–H and O–H groups in total. The summed E-state index contributed by atoms with van der Waals surface area (Å²) in [6, 6.07) is 17.8. The maximum Gasteiger partial charge on any atom is 0.226 e. The van der Waals surface area contributed by atoms with Crippen molar-refractivity contribution in [3.8, 4) is 0 Å². The Labute approximate surface area is 184 Å². The Morgan fingerprint density at radius 2 is 1.68 bits per heavy atom. The molecule has 1 saturated carbocycles. The first-order chi connectivity index (χ1) is 15.1. The SMILES string of the molecule is CN(C)C(c1ccc(F)cc1)C1CCC(Cc2nc(CCc3ccccc3)no2)CC1. The predicted molar refractivity (Wildman–Crippen MR) is 120 cm³/mol. The Morgan fingerprint density at radius 1 is 0.968 bits per heavy atom. The minimum Gasteiger partial charge on any atom is -0.339 e. The van der Waals surface area contributed by atoms with Crippen LogP contribution in [-0.4, -0.2) is 29.1 Å². The minimum absolute atomic E-state index is 0.173. The first-order valence-corrected chi connectivity index (χ1v) is 11.4. The van der Waals surface area contributed by atoms with Crippen LogP contribution in [0, 0.1) is 17.7 Å². The van der Waals surface area contributed by atoms with E-state index in [0.29, 0.717) is 17.9 Å². The van der Waals surface area contributed by atoms with Gasteiger partial charge in [0.15, 0.2) is 5.82 Å². The Bertz CT molecular complexity index is 931. The summed E-state index contributed by atoms with van der Waals surface area (Å²) in [6.07, 6.45) is 7.27. The molecule has 0 saturated heterocycles. The quantitative estimate of drug-likeness (QED) is 0.472. The Morgan fingerprint density at radius 3 is 2.35 bits per heavy atom. The third-order valence-electron chi connectivity index (χ3n) is 6.56. The summed E-state index contributed by atoms with van der Waals surface area (Å²) in [7, 11) is 4.24. The van der Waals surface area contributed by atoms with Crippen molar-refractivity contribution in [3.05, 3.63) is 83.3 Å². The van der Waals surface area contributed by atoms with E-state index in [-0.39, 0.29) is 5.82 Å². The third-order valence-corrected chi connectivity index (χ3v) is 6.56. The van der Waals surface area contributed by atoms with E-state index in [9.17, 15) is 4.39 Å². The van der Waals surface area contributed by atoms with E-state index in [1.54, 1.807) is 12.1 Å². The maximum absolute atomic E-state index is 13.4. The lowest BCUT2D eigenvalue weighted by Crippen LogP contribution is -2.30. The van der Waals surface area contributed by atoms with Crippen LogP contribution in [0.2, 0.25) is 0 Å². The predicted octanol–water partition coefficient (Wildman–Crippen LogP) is 5.65. The molecule has 1 aromatic heterocycles. The van der Waals surface area contributed by atoms with Gasteiger partial charge in [-0.05, 0) is 81.3 Å². The van der Waals surface area contributed by atoms with Gasteiger partial charge in [-0.3, -0.25) is 0 Å². The van der Waals surface area contributed by atoms with Gasteiger partial charge in [-0.1, -0.05) is 47.6 Å². The van der Waals surface area contributed by atoms with E-state index in [2.05, 4.69) is 53.4 Å². The van der Waals surface area contributed by atoms with Gasteiger partial charge in [-0.25, -0.2) is 4.39 Å². The molecular weight excluding hydrogens is 389 g/mol. The summed E-state index contributed by atoms with van der Waals surface area (Å²) in [5.74, 6) is 2.58. The summed E-state index contributed by atoms with van der Waals surface area (Å²) < 4.78 is 18.9. The standard InChI is InChI=1S/C26H32FN3O/c1-30(2)26(22-13-15-23(27)16-14-22)21-11-8-20(9-12-21)18-25-28-24(29-31-25)17-10-19-6-4-3-5-7-19/h3-7,13-16,20-21,26H,8-12,17-18H2,1-2H3. The fourth-order valence-corrected chi connectivity index (χ4v) is 4.98. The molecule has 0 radical (unpaired) electrons. The van der Waals surface area contributed by atoms with E-state index in [0.717, 1.165) is 43.8 Å². The number of rotatable bonds is 8. The molecule has 4 nitrogen and oxygen atoms in total. The van der Waals surface area contributed by atoms with Crippen LogP contribution >= 0.6 is 0 Å². The number of nitrogens with zero attached hydrogens (tertiary/aromatic N) is 3. The highest BCUT2D eigenvalue weighted by molar-refractivity contribution is 5.21. The van der Waals surface area contributed by atoms with Crippen LogP contribution < -0.4 is 0 Å². The maximum atomic E-state index is 13.4. The molecule has 31 heavy (non-hydrogen) atoms. The van der Waals surface area contributed by atoms with Crippen LogP contribution in [0.5, 0.6) is 0 Å². The second kappa shape index (κ2) is 10.2. The van der Waals surface area contributed by atoms with Crippen molar-refractivity contribution in [2.24, 2.45) is 11.8 Å². The second-order valence-electron chi connectivity index (χ2n) is 9.03. The smallest absolute Gasteiger partial charge is 0.226 e. The molecule has 1 aliphatic carbocycles. The molecule has 0 bridgehead atoms. The molecule has 3 aromatic rings. The number of benzene rings is 2. The van der Waals surface area contributed by atoms with Crippen LogP contribution in [0.1, 0.15) is 54.6 Å². The topological polar surface area (TPSA) is 42.2 Å². The van der Waals surface area contributed by atoms with Crippen molar-refractivity contribution >= 4 is 0 Å². The Balaban J connectivity index is 1.29. The molecule has 1 atom stereocenters. The van der Waals surface area contributed by atoms with Crippen LogP contribution in [0.3, 0.4) is 0 Å². The fourth-order valence-electron chi connectivity index (χ4n) is 4.98. The molecule has 0 aliphatic heterocycles. The summed E-state index contributed by atoms with van der Waals surface area (Å²) in [5.41, 5.74) is 2.50. The number of hydrogen-bond donors (Lipinski definition) is 0. The number of hydrogen-bond acceptors (Lipinski definition) is 4. The number of aryl methyl sites for hydroxylation is 2. The molecule has 0 spiro atoms. The first-order valence-electron chi connectivity index (χ1n) is 11.4. The van der Waals surface area contributed by atoms with Gasteiger partial charge in [0.1, 0.15) is 5.82 Å². The molecule has 0 amide bonds. The van der Waals surface area contributed by atoms with Crippen LogP contribution in [0.4, 0.5) is 4.39 Å². The zero-order valence-electron chi connectivity index (χ0n) is 18.5. The lowest BCUT2D eigenvalue weighted by Gasteiger charge is -2.37. The van der Waals surface area contributed by atoms with E-state index in [1.807, 2.05) is 18.2 Å². The van der Waals surface area contributed by atoms with Gasteiger partial charge in [-0.2, -0.15) is 4.98 Å². The second-order valence-corrected chi connectivity index (χ2v) is 9.03. The molecule has 5 heteroatoms. The lowest BCUT2D eigenvalue weighted by atomic mass is 9.75. The molecule has 164 valence electrons. The molecule has 1 heterocycles. The monoisotopic (exact) mass is 421 g/mol. The zero-order chi connectivity index (χ0) is 21.6. The highest BCUT2D eigenvalue weighted by atomic mass is 19.1. The normalized spacial score (nSPS) is 20.1. The van der Waals surface area contributed by atoms with Crippen molar-refractivity contribution in [3.63, 3.8) is 0 Å². The average Bonchev–Trinajstić information content (AvgIpc) is 3.23. The largest absolute Gasteiger partial charge is 0.339 e. The van der Waals surface area contributed by atoms with Gasteiger partial charge < -0.3 is 9.42 Å². The number of aromatic nitrogens is 2. The molecule has 1 fully saturated rings. The van der Waals surface area contributed by atoms with Crippen molar-refractivity contribution in [1.29, 1.82) is 0 Å². The van der Waals surface area contributed by atoms with Gasteiger partial charge in [0.25, 0.3) is 0 Å². The summed E-state index contributed by atoms with van der Waals surface area (Å²) in [6.45, 7) is 0. The van der Waals surface area contributed by atoms with Crippen LogP contribution in [-0.2, 0) is 19.3 Å². The Kier molecular flexibility index (Phi) is 7.13.